The average molecular weight is 183 g/mol. The van der Waals surface area contributed by atoms with E-state index in [1.165, 1.54) is 0 Å². The highest BCUT2D eigenvalue weighted by molar-refractivity contribution is 5.83. The van der Waals surface area contributed by atoms with Crippen molar-refractivity contribution in [2.45, 2.75) is 38.3 Å². The van der Waals surface area contributed by atoms with Crippen LogP contribution in [0.4, 0.5) is 0 Å². The van der Waals surface area contributed by atoms with Gasteiger partial charge in [0.05, 0.1) is 12.6 Å². The summed E-state index contributed by atoms with van der Waals surface area (Å²) in [6, 6.07) is 0.455. The Morgan fingerprint density at radius 3 is 3.00 bits per heavy atom. The number of aliphatic hydroxyl groups excluding tert-OH is 1. The summed E-state index contributed by atoms with van der Waals surface area (Å²) < 4.78 is 0. The number of aliphatic hydroxyl groups is 1. The predicted molar refractivity (Wildman–Crippen MR) is 49.4 cm³/mol. The van der Waals surface area contributed by atoms with E-state index in [4.69, 9.17) is 0 Å². The van der Waals surface area contributed by atoms with Gasteiger partial charge in [-0.2, -0.15) is 0 Å². The first kappa shape index (κ1) is 9.16. The van der Waals surface area contributed by atoms with Crippen molar-refractivity contribution in [3.8, 4) is 0 Å². The molecule has 0 bridgehead atoms. The zero-order chi connectivity index (χ0) is 9.42. The molecule has 3 heteroatoms. The molecule has 2 fully saturated rings. The highest BCUT2D eigenvalue weighted by atomic mass is 16.3. The van der Waals surface area contributed by atoms with Gasteiger partial charge in [-0.1, -0.05) is 6.92 Å². The Bertz CT molecular complexity index is 217. The Hall–Kier alpha value is -0.410. The van der Waals surface area contributed by atoms with Crippen LogP contribution in [0.3, 0.4) is 0 Å². The minimum absolute atomic E-state index is 0.137. The Morgan fingerprint density at radius 1 is 1.46 bits per heavy atom. The van der Waals surface area contributed by atoms with Gasteiger partial charge in [-0.25, -0.2) is 0 Å². The van der Waals surface area contributed by atoms with E-state index < -0.39 is 0 Å². The molecule has 0 radical (unpaired) electrons. The Labute approximate surface area is 78.7 Å². The SMILES string of the molecule is CC1CC2CC(O)CCN2CC1=O. The number of Topliss-reactive ketones (excluding diaryl/α,β-unsaturated/α-hetero) is 1. The molecule has 0 aromatic carbocycles. The molecule has 2 heterocycles. The van der Waals surface area contributed by atoms with Crippen molar-refractivity contribution in [1.29, 1.82) is 0 Å². The van der Waals surface area contributed by atoms with Gasteiger partial charge in [0.1, 0.15) is 5.78 Å². The highest BCUT2D eigenvalue weighted by Gasteiger charge is 2.35. The smallest absolute Gasteiger partial charge is 0.149 e. The van der Waals surface area contributed by atoms with E-state index in [1.807, 2.05) is 6.92 Å². The van der Waals surface area contributed by atoms with Gasteiger partial charge in [0.15, 0.2) is 0 Å². The molecule has 74 valence electrons. The van der Waals surface area contributed by atoms with Crippen LogP contribution in [-0.4, -0.2) is 41.0 Å². The zero-order valence-corrected chi connectivity index (χ0v) is 8.07. The average Bonchev–Trinajstić information content (AvgIpc) is 2.08. The lowest BCUT2D eigenvalue weighted by Crippen LogP contribution is -2.52. The van der Waals surface area contributed by atoms with Crippen molar-refractivity contribution in [2.24, 2.45) is 5.92 Å². The maximum atomic E-state index is 11.4. The van der Waals surface area contributed by atoms with Gasteiger partial charge in [-0.15, -0.1) is 0 Å². The zero-order valence-electron chi connectivity index (χ0n) is 8.07. The van der Waals surface area contributed by atoms with Crippen LogP contribution < -0.4 is 0 Å². The summed E-state index contributed by atoms with van der Waals surface area (Å²) in [5.41, 5.74) is 0. The van der Waals surface area contributed by atoms with Gasteiger partial charge in [0.25, 0.3) is 0 Å². The first-order valence-electron chi connectivity index (χ1n) is 5.11. The van der Waals surface area contributed by atoms with Crippen molar-refractivity contribution >= 4 is 5.78 Å². The summed E-state index contributed by atoms with van der Waals surface area (Å²) in [6.07, 6.45) is 2.49. The third-order valence-electron chi connectivity index (χ3n) is 3.34. The summed E-state index contributed by atoms with van der Waals surface area (Å²) in [4.78, 5) is 13.7. The molecule has 3 atom stereocenters. The van der Waals surface area contributed by atoms with E-state index >= 15 is 0 Å². The van der Waals surface area contributed by atoms with Crippen molar-refractivity contribution in [3.63, 3.8) is 0 Å². The summed E-state index contributed by atoms with van der Waals surface area (Å²) in [7, 11) is 0. The fourth-order valence-electron chi connectivity index (χ4n) is 2.43. The molecule has 0 saturated carbocycles. The summed E-state index contributed by atoms with van der Waals surface area (Å²) >= 11 is 0. The topological polar surface area (TPSA) is 40.5 Å². The van der Waals surface area contributed by atoms with Crippen LogP contribution in [0.5, 0.6) is 0 Å². The highest BCUT2D eigenvalue weighted by Crippen LogP contribution is 2.27. The van der Waals surface area contributed by atoms with Crippen molar-refractivity contribution in [2.75, 3.05) is 13.1 Å². The third-order valence-corrected chi connectivity index (χ3v) is 3.34. The summed E-state index contributed by atoms with van der Waals surface area (Å²) in [6.45, 7) is 3.50. The monoisotopic (exact) mass is 183 g/mol. The van der Waals surface area contributed by atoms with Crippen LogP contribution in [0.1, 0.15) is 26.2 Å². The molecule has 0 amide bonds. The molecule has 0 aliphatic carbocycles. The van der Waals surface area contributed by atoms with Crippen molar-refractivity contribution in [1.82, 2.24) is 4.90 Å². The van der Waals surface area contributed by atoms with Crippen LogP contribution in [0.25, 0.3) is 0 Å². The molecule has 1 N–H and O–H groups in total. The van der Waals surface area contributed by atoms with Crippen LogP contribution >= 0.6 is 0 Å². The maximum absolute atomic E-state index is 11.4. The van der Waals surface area contributed by atoms with Gasteiger partial charge in [0, 0.05) is 18.5 Å². The normalized spacial score (nSPS) is 41.7. The molecule has 0 spiro atoms. The summed E-state index contributed by atoms with van der Waals surface area (Å²) in [5, 5.41) is 9.49. The molecule has 13 heavy (non-hydrogen) atoms. The molecule has 2 rings (SSSR count). The maximum Gasteiger partial charge on any atom is 0.149 e. The Kier molecular flexibility index (Phi) is 2.39. The van der Waals surface area contributed by atoms with Gasteiger partial charge in [-0.3, -0.25) is 9.69 Å². The molecular weight excluding hydrogens is 166 g/mol. The minimum Gasteiger partial charge on any atom is -0.393 e. The summed E-state index contributed by atoms with van der Waals surface area (Å²) in [5.74, 6) is 0.569. The number of fused-ring (bicyclic) bond motifs is 1. The first-order chi connectivity index (χ1) is 6.16. The van der Waals surface area contributed by atoms with E-state index in [0.29, 0.717) is 18.4 Å². The molecular formula is C10H17NO2. The third kappa shape index (κ3) is 1.76. The van der Waals surface area contributed by atoms with Crippen LogP contribution in [-0.2, 0) is 4.79 Å². The molecule has 3 unspecified atom stereocenters. The van der Waals surface area contributed by atoms with Crippen LogP contribution in [0, 0.1) is 5.92 Å². The van der Waals surface area contributed by atoms with Gasteiger partial charge < -0.3 is 5.11 Å². The second-order valence-electron chi connectivity index (χ2n) is 4.41. The van der Waals surface area contributed by atoms with Crippen LogP contribution in [0.2, 0.25) is 0 Å². The fourth-order valence-corrected chi connectivity index (χ4v) is 2.43. The number of nitrogens with zero attached hydrogens (tertiary/aromatic N) is 1. The standard InChI is InChI=1S/C10H17NO2/c1-7-4-8-5-9(12)2-3-11(8)6-10(7)13/h7-9,12H,2-6H2,1H3. The Morgan fingerprint density at radius 2 is 2.23 bits per heavy atom. The van der Waals surface area contributed by atoms with E-state index in [-0.39, 0.29) is 12.0 Å². The molecule has 0 aromatic rings. The molecule has 2 saturated heterocycles. The van der Waals surface area contributed by atoms with Gasteiger partial charge >= 0.3 is 0 Å². The Balaban J connectivity index is 2.02. The largest absolute Gasteiger partial charge is 0.393 e. The quantitative estimate of drug-likeness (QED) is 0.591. The minimum atomic E-state index is -0.137. The fraction of sp³-hybridized carbons (Fsp3) is 0.900. The van der Waals surface area contributed by atoms with Gasteiger partial charge in [-0.05, 0) is 19.3 Å². The second-order valence-corrected chi connectivity index (χ2v) is 4.41. The number of carbonyl (C=O) groups is 1. The number of hydrogen-bond donors (Lipinski definition) is 1. The van der Waals surface area contributed by atoms with Gasteiger partial charge in [0.2, 0.25) is 0 Å². The lowest BCUT2D eigenvalue weighted by Gasteiger charge is -2.42. The molecule has 2 aliphatic heterocycles. The second kappa shape index (κ2) is 3.39. The first-order valence-corrected chi connectivity index (χ1v) is 5.11. The van der Waals surface area contributed by atoms with E-state index in [2.05, 4.69) is 4.90 Å². The van der Waals surface area contributed by atoms with E-state index in [9.17, 15) is 9.90 Å². The van der Waals surface area contributed by atoms with Crippen molar-refractivity contribution < 1.29 is 9.90 Å². The number of piperidine rings is 2. The predicted octanol–water partition coefficient (Wildman–Crippen LogP) is 0.421. The van der Waals surface area contributed by atoms with Crippen molar-refractivity contribution in [3.05, 3.63) is 0 Å². The van der Waals surface area contributed by atoms with E-state index in [0.717, 1.165) is 25.8 Å². The van der Waals surface area contributed by atoms with E-state index in [1.54, 1.807) is 0 Å². The number of hydrogen-bond acceptors (Lipinski definition) is 3. The molecule has 3 nitrogen and oxygen atoms in total. The number of ketones is 1. The number of carbonyl (C=O) groups excluding carboxylic acids is 1. The lowest BCUT2D eigenvalue weighted by atomic mass is 9.85. The van der Waals surface area contributed by atoms with Crippen LogP contribution in [0.15, 0.2) is 0 Å². The molecule has 2 aliphatic rings. The lowest BCUT2D eigenvalue weighted by molar-refractivity contribution is -0.130. The molecule has 0 aromatic heterocycles. The number of rotatable bonds is 0.